The largest absolute Gasteiger partial charge is 0.372 e. The second-order valence-electron chi connectivity index (χ2n) is 3.74. The van der Waals surface area contributed by atoms with Gasteiger partial charge in [-0.2, -0.15) is 5.10 Å². The average molecular weight is 246 g/mol. The van der Waals surface area contributed by atoms with Crippen molar-refractivity contribution in [3.8, 4) is 0 Å². The van der Waals surface area contributed by atoms with Crippen LogP contribution in [0.4, 0.5) is 5.82 Å². The molecule has 0 radical (unpaired) electrons. The van der Waals surface area contributed by atoms with Gasteiger partial charge in [0.05, 0.1) is 18.6 Å². The van der Waals surface area contributed by atoms with E-state index in [4.69, 9.17) is 0 Å². The zero-order valence-electron chi connectivity index (χ0n) is 10.2. The molecule has 1 amide bonds. The number of nitrogens with zero attached hydrogens (tertiary/aromatic N) is 3. The molecule has 2 aromatic rings. The third-order valence-electron chi connectivity index (χ3n) is 2.51. The maximum Gasteiger partial charge on any atom is 0.271 e. The van der Waals surface area contributed by atoms with E-state index in [1.165, 1.54) is 12.4 Å². The van der Waals surface area contributed by atoms with Crippen molar-refractivity contribution in [2.75, 3.05) is 12.4 Å². The molecule has 2 rings (SSSR count). The maximum absolute atomic E-state index is 11.8. The molecular formula is C11H14N6O. The Morgan fingerprint density at radius 3 is 2.72 bits per heavy atom. The van der Waals surface area contributed by atoms with Gasteiger partial charge in [0.1, 0.15) is 11.5 Å². The Labute approximate surface area is 104 Å². The summed E-state index contributed by atoms with van der Waals surface area (Å²) in [7, 11) is 1.74. The fraction of sp³-hybridized carbons (Fsp3) is 0.273. The van der Waals surface area contributed by atoms with Gasteiger partial charge >= 0.3 is 0 Å². The van der Waals surface area contributed by atoms with E-state index >= 15 is 0 Å². The van der Waals surface area contributed by atoms with Crippen LogP contribution in [0.3, 0.4) is 0 Å². The van der Waals surface area contributed by atoms with E-state index in [2.05, 4.69) is 30.8 Å². The van der Waals surface area contributed by atoms with E-state index in [1.807, 2.05) is 6.92 Å². The number of amides is 1. The number of H-pyrrole nitrogens is 1. The van der Waals surface area contributed by atoms with Crippen LogP contribution in [0.2, 0.25) is 0 Å². The monoisotopic (exact) mass is 246 g/mol. The van der Waals surface area contributed by atoms with Gasteiger partial charge in [-0.25, -0.2) is 9.97 Å². The number of nitrogens with one attached hydrogen (secondary N) is 3. The second kappa shape index (κ2) is 5.26. The molecule has 2 aromatic heterocycles. The highest BCUT2D eigenvalue weighted by molar-refractivity contribution is 5.91. The standard InChI is InChI=1S/C11H14N6O/c1-7-8(4-16-17-7)3-15-11(18)9-5-14-10(12-2)6-13-9/h4-6H,3H2,1-2H3,(H,12,14)(H,15,18)(H,16,17). The fourth-order valence-corrected chi connectivity index (χ4v) is 1.39. The summed E-state index contributed by atoms with van der Waals surface area (Å²) in [6.45, 7) is 2.31. The van der Waals surface area contributed by atoms with E-state index in [1.54, 1.807) is 13.2 Å². The summed E-state index contributed by atoms with van der Waals surface area (Å²) in [6, 6.07) is 0. The van der Waals surface area contributed by atoms with Gasteiger partial charge in [0.2, 0.25) is 0 Å². The third kappa shape index (κ3) is 2.62. The van der Waals surface area contributed by atoms with Gasteiger partial charge < -0.3 is 10.6 Å². The zero-order chi connectivity index (χ0) is 13.0. The lowest BCUT2D eigenvalue weighted by Gasteiger charge is -2.04. The first-order valence-corrected chi connectivity index (χ1v) is 5.47. The first kappa shape index (κ1) is 12.0. The van der Waals surface area contributed by atoms with Gasteiger partial charge in [0.25, 0.3) is 5.91 Å². The maximum atomic E-state index is 11.8. The number of aromatic amines is 1. The molecule has 0 aliphatic rings. The van der Waals surface area contributed by atoms with Crippen LogP contribution in [0.1, 0.15) is 21.7 Å². The van der Waals surface area contributed by atoms with Crippen LogP contribution >= 0.6 is 0 Å². The highest BCUT2D eigenvalue weighted by atomic mass is 16.1. The van der Waals surface area contributed by atoms with Gasteiger partial charge in [-0.3, -0.25) is 9.89 Å². The molecule has 0 fully saturated rings. The number of carbonyl (C=O) groups is 1. The number of hydrogen-bond donors (Lipinski definition) is 3. The summed E-state index contributed by atoms with van der Waals surface area (Å²) in [5, 5.41) is 12.3. The molecule has 0 saturated heterocycles. The van der Waals surface area contributed by atoms with Gasteiger partial charge in [0, 0.05) is 24.8 Å². The lowest BCUT2D eigenvalue weighted by Crippen LogP contribution is -2.24. The molecule has 0 aliphatic heterocycles. The molecule has 0 spiro atoms. The zero-order valence-corrected chi connectivity index (χ0v) is 10.2. The van der Waals surface area contributed by atoms with E-state index < -0.39 is 0 Å². The summed E-state index contributed by atoms with van der Waals surface area (Å²) >= 11 is 0. The molecule has 3 N–H and O–H groups in total. The van der Waals surface area contributed by atoms with Crippen LogP contribution in [0.25, 0.3) is 0 Å². The van der Waals surface area contributed by atoms with Gasteiger partial charge in [-0.1, -0.05) is 0 Å². The molecule has 0 aromatic carbocycles. The van der Waals surface area contributed by atoms with Crippen LogP contribution in [-0.2, 0) is 6.54 Å². The van der Waals surface area contributed by atoms with Crippen molar-refractivity contribution >= 4 is 11.7 Å². The van der Waals surface area contributed by atoms with Crippen molar-refractivity contribution in [3.63, 3.8) is 0 Å². The van der Waals surface area contributed by atoms with Crippen molar-refractivity contribution < 1.29 is 4.79 Å². The normalized spacial score (nSPS) is 10.1. The Balaban J connectivity index is 1.97. The Morgan fingerprint density at radius 2 is 2.17 bits per heavy atom. The number of anilines is 1. The SMILES string of the molecule is CNc1cnc(C(=O)NCc2cn[nH]c2C)cn1. The predicted octanol–water partition coefficient (Wildman–Crippen LogP) is 0.480. The lowest BCUT2D eigenvalue weighted by molar-refractivity contribution is 0.0945. The summed E-state index contributed by atoms with van der Waals surface area (Å²) in [6.07, 6.45) is 4.63. The molecule has 0 unspecified atom stereocenters. The van der Waals surface area contributed by atoms with E-state index in [-0.39, 0.29) is 11.6 Å². The lowest BCUT2D eigenvalue weighted by atomic mass is 10.2. The number of rotatable bonds is 4. The average Bonchev–Trinajstić information content (AvgIpc) is 2.81. The second-order valence-corrected chi connectivity index (χ2v) is 3.74. The number of carbonyl (C=O) groups excluding carboxylic acids is 1. The molecule has 94 valence electrons. The molecule has 18 heavy (non-hydrogen) atoms. The first-order chi connectivity index (χ1) is 8.70. The van der Waals surface area contributed by atoms with Crippen LogP contribution in [0.5, 0.6) is 0 Å². The highest BCUT2D eigenvalue weighted by Gasteiger charge is 2.08. The van der Waals surface area contributed by atoms with Crippen molar-refractivity contribution in [1.82, 2.24) is 25.5 Å². The molecule has 7 heteroatoms. The fourth-order valence-electron chi connectivity index (χ4n) is 1.39. The predicted molar refractivity (Wildman–Crippen MR) is 66.1 cm³/mol. The number of aryl methyl sites for hydroxylation is 1. The van der Waals surface area contributed by atoms with Gasteiger partial charge in [0.15, 0.2) is 0 Å². The van der Waals surface area contributed by atoms with E-state index in [0.717, 1.165) is 11.3 Å². The molecule has 0 bridgehead atoms. The van der Waals surface area contributed by atoms with E-state index in [0.29, 0.717) is 12.4 Å². The first-order valence-electron chi connectivity index (χ1n) is 5.47. The van der Waals surface area contributed by atoms with Gasteiger partial charge in [-0.05, 0) is 6.92 Å². The molecule has 0 saturated carbocycles. The number of aromatic nitrogens is 4. The van der Waals surface area contributed by atoms with Crippen LogP contribution in [-0.4, -0.2) is 33.1 Å². The topological polar surface area (TPSA) is 95.6 Å². The molecule has 0 aliphatic carbocycles. The summed E-state index contributed by atoms with van der Waals surface area (Å²) in [5.41, 5.74) is 2.17. The smallest absolute Gasteiger partial charge is 0.271 e. The Bertz CT molecular complexity index is 533. The summed E-state index contributed by atoms with van der Waals surface area (Å²) in [4.78, 5) is 19.8. The Kier molecular flexibility index (Phi) is 3.52. The molecule has 2 heterocycles. The molecule has 0 atom stereocenters. The van der Waals surface area contributed by atoms with E-state index in [9.17, 15) is 4.79 Å². The van der Waals surface area contributed by atoms with Crippen molar-refractivity contribution in [2.45, 2.75) is 13.5 Å². The Morgan fingerprint density at radius 1 is 1.33 bits per heavy atom. The van der Waals surface area contributed by atoms with Crippen molar-refractivity contribution in [3.05, 3.63) is 35.5 Å². The highest BCUT2D eigenvalue weighted by Crippen LogP contribution is 2.03. The van der Waals surface area contributed by atoms with Crippen molar-refractivity contribution in [1.29, 1.82) is 0 Å². The Hall–Kier alpha value is -2.44. The van der Waals surface area contributed by atoms with Gasteiger partial charge in [-0.15, -0.1) is 0 Å². The minimum Gasteiger partial charge on any atom is -0.372 e. The summed E-state index contributed by atoms with van der Waals surface area (Å²) in [5.74, 6) is 0.364. The minimum atomic E-state index is -0.259. The minimum absolute atomic E-state index is 0.259. The third-order valence-corrected chi connectivity index (χ3v) is 2.51. The van der Waals surface area contributed by atoms with Crippen molar-refractivity contribution in [2.24, 2.45) is 0 Å². The van der Waals surface area contributed by atoms with Crippen LogP contribution < -0.4 is 10.6 Å². The van der Waals surface area contributed by atoms with Crippen LogP contribution in [0, 0.1) is 6.92 Å². The van der Waals surface area contributed by atoms with Crippen LogP contribution in [0.15, 0.2) is 18.6 Å². The number of hydrogen-bond acceptors (Lipinski definition) is 5. The molecular weight excluding hydrogens is 232 g/mol. The molecule has 7 nitrogen and oxygen atoms in total. The quantitative estimate of drug-likeness (QED) is 0.729. The summed E-state index contributed by atoms with van der Waals surface area (Å²) < 4.78 is 0.